The molecule has 0 saturated carbocycles. The van der Waals surface area contributed by atoms with E-state index >= 15 is 0 Å². The maximum absolute atomic E-state index is 14.6. The van der Waals surface area contributed by atoms with Crippen LogP contribution in [0.1, 0.15) is 31.2 Å². The maximum atomic E-state index is 14.6. The molecule has 10 heteroatoms. The molecule has 1 aromatic carbocycles. The molecule has 0 atom stereocenters. The number of ether oxygens (including phenoxy) is 1. The highest BCUT2D eigenvalue weighted by molar-refractivity contribution is 7.15. The number of fused-ring (bicyclic) bond motifs is 2. The van der Waals surface area contributed by atoms with Crippen molar-refractivity contribution in [2.45, 2.75) is 39.3 Å². The van der Waals surface area contributed by atoms with Gasteiger partial charge in [0, 0.05) is 28.7 Å². The number of carbonyl (C=O) groups is 1. The van der Waals surface area contributed by atoms with E-state index in [0.717, 1.165) is 26.9 Å². The minimum absolute atomic E-state index is 0.0425. The molecule has 2 N–H and O–H groups in total. The van der Waals surface area contributed by atoms with Crippen LogP contribution in [0.15, 0.2) is 47.5 Å². The van der Waals surface area contributed by atoms with Crippen LogP contribution in [0.2, 0.25) is 0 Å². The number of aromatic amines is 1. The Kier molecular flexibility index (Phi) is 5.76. The number of pyridine rings is 1. The van der Waals surface area contributed by atoms with Crippen LogP contribution in [0.5, 0.6) is 0 Å². The number of halogens is 1. The van der Waals surface area contributed by atoms with E-state index in [-0.39, 0.29) is 17.5 Å². The van der Waals surface area contributed by atoms with E-state index in [0.29, 0.717) is 36.4 Å². The first kappa shape index (κ1) is 23.0. The smallest absolute Gasteiger partial charge is 0.410 e. The van der Waals surface area contributed by atoms with Crippen LogP contribution >= 0.6 is 11.3 Å². The quantitative estimate of drug-likeness (QED) is 0.406. The summed E-state index contributed by atoms with van der Waals surface area (Å²) >= 11 is 1.55. The Morgan fingerprint density at radius 2 is 2.09 bits per heavy atom. The molecule has 4 heterocycles. The zero-order valence-corrected chi connectivity index (χ0v) is 20.3. The van der Waals surface area contributed by atoms with Crippen LogP contribution in [-0.2, 0) is 17.7 Å². The molecule has 1 aliphatic rings. The third kappa shape index (κ3) is 4.88. The lowest BCUT2D eigenvalue weighted by Crippen LogP contribution is -2.39. The number of aromatic nitrogens is 3. The summed E-state index contributed by atoms with van der Waals surface area (Å²) in [5.74, 6) is -0.146. The normalized spacial score (nSPS) is 13.5. The van der Waals surface area contributed by atoms with Crippen LogP contribution in [-0.4, -0.2) is 38.1 Å². The Labute approximate surface area is 204 Å². The molecule has 0 aliphatic carbocycles. The van der Waals surface area contributed by atoms with Gasteiger partial charge in [0.1, 0.15) is 5.60 Å². The van der Waals surface area contributed by atoms with Crippen molar-refractivity contribution in [1.82, 2.24) is 19.9 Å². The molecule has 1 amide bonds. The second-order valence-corrected chi connectivity index (χ2v) is 10.5. The van der Waals surface area contributed by atoms with Gasteiger partial charge in [-0.25, -0.2) is 19.2 Å². The van der Waals surface area contributed by atoms with E-state index in [9.17, 15) is 14.0 Å². The van der Waals surface area contributed by atoms with Gasteiger partial charge >= 0.3 is 6.09 Å². The predicted molar refractivity (Wildman–Crippen MR) is 134 cm³/mol. The van der Waals surface area contributed by atoms with Crippen molar-refractivity contribution in [2.24, 2.45) is 0 Å². The standard InChI is InChI=1S/C25H24FN5O3S/c1-25(2,3)34-24(33)31-9-7-19-15(13-31)11-20(35-19)22-28-12-18(26)21(30-22)29-16-4-5-17-14(10-16)6-8-27-23(17)32/h4-6,8,10-12H,7,9,13H2,1-3H3,(H,27,32)(H,28,29,30). The SMILES string of the molecule is CC(C)(C)OC(=O)N1CCc2sc(-c3ncc(F)c(Nc4ccc5c(=O)[nH]ccc5c4)n3)cc2C1. The van der Waals surface area contributed by atoms with Crippen LogP contribution in [0.25, 0.3) is 21.5 Å². The Bertz CT molecular complexity index is 1490. The Morgan fingerprint density at radius 1 is 1.26 bits per heavy atom. The number of nitrogens with one attached hydrogen (secondary N) is 2. The summed E-state index contributed by atoms with van der Waals surface area (Å²) in [5.41, 5.74) is 0.884. The first-order chi connectivity index (χ1) is 16.7. The monoisotopic (exact) mass is 493 g/mol. The topological polar surface area (TPSA) is 100 Å². The Balaban J connectivity index is 1.38. The van der Waals surface area contributed by atoms with E-state index < -0.39 is 11.4 Å². The number of benzene rings is 1. The predicted octanol–water partition coefficient (Wildman–Crippen LogP) is 5.22. The number of amides is 1. The van der Waals surface area contributed by atoms with Gasteiger partial charge in [-0.3, -0.25) is 4.79 Å². The number of H-pyrrole nitrogens is 1. The lowest BCUT2D eigenvalue weighted by atomic mass is 10.1. The van der Waals surface area contributed by atoms with Gasteiger partial charge in [-0.2, -0.15) is 0 Å². The van der Waals surface area contributed by atoms with E-state index in [1.54, 1.807) is 46.7 Å². The molecular formula is C25H24FN5O3S. The van der Waals surface area contributed by atoms with Crippen LogP contribution in [0.4, 0.5) is 20.7 Å². The summed E-state index contributed by atoms with van der Waals surface area (Å²) in [6, 6.07) is 8.88. The maximum Gasteiger partial charge on any atom is 0.410 e. The van der Waals surface area contributed by atoms with Crippen molar-refractivity contribution in [2.75, 3.05) is 11.9 Å². The van der Waals surface area contributed by atoms with Crippen molar-refractivity contribution < 1.29 is 13.9 Å². The van der Waals surface area contributed by atoms with E-state index in [1.807, 2.05) is 26.8 Å². The second kappa shape index (κ2) is 8.77. The van der Waals surface area contributed by atoms with E-state index in [4.69, 9.17) is 4.74 Å². The molecule has 0 saturated heterocycles. The minimum atomic E-state index is -0.586. The number of hydrogen-bond acceptors (Lipinski definition) is 7. The average Bonchev–Trinajstić information content (AvgIpc) is 3.23. The summed E-state index contributed by atoms with van der Waals surface area (Å²) in [5, 5.41) is 4.27. The lowest BCUT2D eigenvalue weighted by Gasteiger charge is -2.29. The van der Waals surface area contributed by atoms with E-state index in [2.05, 4.69) is 20.3 Å². The fraction of sp³-hybridized carbons (Fsp3) is 0.280. The van der Waals surface area contributed by atoms with Crippen molar-refractivity contribution in [1.29, 1.82) is 0 Å². The molecule has 3 aromatic heterocycles. The summed E-state index contributed by atoms with van der Waals surface area (Å²) < 4.78 is 20.1. The number of carbonyl (C=O) groups excluding carboxylic acids is 1. The first-order valence-electron chi connectivity index (χ1n) is 11.2. The fourth-order valence-corrected chi connectivity index (χ4v) is 5.01. The number of thiophene rings is 1. The van der Waals surface area contributed by atoms with Gasteiger partial charge in [-0.15, -0.1) is 11.3 Å². The molecule has 4 aromatic rings. The van der Waals surface area contributed by atoms with E-state index in [1.165, 1.54) is 0 Å². The number of anilines is 2. The molecule has 0 fully saturated rings. The van der Waals surface area contributed by atoms with Gasteiger partial charge in [0.25, 0.3) is 5.56 Å². The van der Waals surface area contributed by atoms with Crippen molar-refractivity contribution in [3.8, 4) is 10.7 Å². The number of hydrogen-bond donors (Lipinski definition) is 2. The summed E-state index contributed by atoms with van der Waals surface area (Å²) in [4.78, 5) is 39.3. The van der Waals surface area contributed by atoms with Crippen LogP contribution in [0, 0.1) is 5.82 Å². The zero-order chi connectivity index (χ0) is 24.7. The molecule has 1 aliphatic heterocycles. The highest BCUT2D eigenvalue weighted by Crippen LogP contribution is 2.34. The van der Waals surface area contributed by atoms with Gasteiger partial charge in [-0.05, 0) is 68.5 Å². The van der Waals surface area contributed by atoms with Crippen LogP contribution in [0.3, 0.4) is 0 Å². The Hall–Kier alpha value is -3.79. The van der Waals surface area contributed by atoms with Crippen molar-refractivity contribution in [3.05, 3.63) is 69.3 Å². The zero-order valence-electron chi connectivity index (χ0n) is 19.5. The lowest BCUT2D eigenvalue weighted by molar-refractivity contribution is 0.0225. The number of rotatable bonds is 3. The third-order valence-electron chi connectivity index (χ3n) is 5.52. The summed E-state index contributed by atoms with van der Waals surface area (Å²) in [6.45, 7) is 6.56. The largest absolute Gasteiger partial charge is 0.444 e. The molecular weight excluding hydrogens is 469 g/mol. The van der Waals surface area contributed by atoms with Gasteiger partial charge in [0.05, 0.1) is 17.6 Å². The number of nitrogens with zero attached hydrogens (tertiary/aromatic N) is 3. The van der Waals surface area contributed by atoms with Gasteiger partial charge in [-0.1, -0.05) is 0 Å². The third-order valence-corrected chi connectivity index (χ3v) is 6.75. The molecule has 8 nitrogen and oxygen atoms in total. The molecule has 180 valence electrons. The fourth-order valence-electron chi connectivity index (χ4n) is 3.91. The molecule has 0 radical (unpaired) electrons. The highest BCUT2D eigenvalue weighted by Gasteiger charge is 2.27. The molecule has 0 bridgehead atoms. The second-order valence-electron chi connectivity index (χ2n) is 9.33. The van der Waals surface area contributed by atoms with Crippen molar-refractivity contribution >= 4 is 39.7 Å². The highest BCUT2D eigenvalue weighted by atomic mass is 32.1. The van der Waals surface area contributed by atoms with Gasteiger partial charge < -0.3 is 19.9 Å². The molecule has 35 heavy (non-hydrogen) atoms. The molecule has 0 spiro atoms. The first-order valence-corrected chi connectivity index (χ1v) is 12.0. The molecule has 0 unspecified atom stereocenters. The minimum Gasteiger partial charge on any atom is -0.444 e. The Morgan fingerprint density at radius 3 is 2.89 bits per heavy atom. The summed E-state index contributed by atoms with van der Waals surface area (Å²) in [7, 11) is 0. The van der Waals surface area contributed by atoms with Crippen molar-refractivity contribution in [3.63, 3.8) is 0 Å². The average molecular weight is 494 g/mol. The van der Waals surface area contributed by atoms with Gasteiger partial charge in [0.2, 0.25) is 0 Å². The van der Waals surface area contributed by atoms with Crippen LogP contribution < -0.4 is 10.9 Å². The molecule has 5 rings (SSSR count). The van der Waals surface area contributed by atoms with Gasteiger partial charge in [0.15, 0.2) is 17.5 Å². The summed E-state index contributed by atoms with van der Waals surface area (Å²) in [6.07, 6.45) is 3.09.